The second kappa shape index (κ2) is 7.12. The van der Waals surface area contributed by atoms with Crippen LogP contribution < -0.4 is 16.4 Å². The fraction of sp³-hybridized carbons (Fsp3) is 0.688. The number of anilines is 2. The maximum atomic E-state index is 11.6. The molecule has 1 heterocycles. The Morgan fingerprint density at radius 3 is 2.74 bits per heavy atom. The predicted octanol–water partition coefficient (Wildman–Crippen LogP) is 2.14. The van der Waals surface area contributed by atoms with Gasteiger partial charge in [-0.1, -0.05) is 12.8 Å². The van der Waals surface area contributed by atoms with E-state index in [9.17, 15) is 9.90 Å². The van der Waals surface area contributed by atoms with Crippen LogP contribution in [-0.2, 0) is 0 Å². The molecular weight excluding hydrogens is 294 g/mol. The van der Waals surface area contributed by atoms with Gasteiger partial charge >= 0.3 is 0 Å². The van der Waals surface area contributed by atoms with Crippen molar-refractivity contribution in [2.24, 2.45) is 5.73 Å². The lowest BCUT2D eigenvalue weighted by atomic mass is 10.1. The minimum Gasteiger partial charge on any atom is -0.393 e. The first-order chi connectivity index (χ1) is 10.7. The van der Waals surface area contributed by atoms with Crippen LogP contribution in [-0.4, -0.2) is 38.7 Å². The highest BCUT2D eigenvalue weighted by Crippen LogP contribution is 2.23. The third-order valence-electron chi connectivity index (χ3n) is 3.78. The molecule has 0 unspecified atom stereocenters. The Morgan fingerprint density at radius 1 is 1.39 bits per heavy atom. The average molecular weight is 323 g/mol. The maximum absolute atomic E-state index is 11.6. The first-order valence-corrected chi connectivity index (χ1v) is 8.14. The molecule has 1 aromatic heterocycles. The number of rotatable bonds is 4. The van der Waals surface area contributed by atoms with E-state index in [-0.39, 0.29) is 24.7 Å². The summed E-state index contributed by atoms with van der Waals surface area (Å²) in [7, 11) is 0. The number of carbonyl (C=O) groups excluding carboxylic acids is 1. The lowest BCUT2D eigenvalue weighted by Crippen LogP contribution is -2.29. The van der Waals surface area contributed by atoms with Crippen molar-refractivity contribution in [1.29, 1.82) is 0 Å². The smallest absolute Gasteiger partial charge is 0.254 e. The quantitative estimate of drug-likeness (QED) is 0.631. The molecule has 0 radical (unpaired) electrons. The Hall–Kier alpha value is -1.89. The van der Waals surface area contributed by atoms with Gasteiger partial charge in [-0.15, -0.1) is 0 Å². The van der Waals surface area contributed by atoms with Crippen molar-refractivity contribution < 1.29 is 11.3 Å². The van der Waals surface area contributed by atoms with Crippen LogP contribution in [0.1, 0.15) is 64.7 Å². The minimum atomic E-state index is -0.566. The summed E-state index contributed by atoms with van der Waals surface area (Å²) in [4.78, 5) is 20.2. The van der Waals surface area contributed by atoms with Gasteiger partial charge in [0.2, 0.25) is 5.95 Å². The van der Waals surface area contributed by atoms with Crippen molar-refractivity contribution in [3.05, 3.63) is 11.8 Å². The number of aliphatic hydroxyl groups excluding tert-OH is 1. The second-order valence-corrected chi connectivity index (χ2v) is 7.21. The number of aromatic nitrogens is 2. The fourth-order valence-corrected chi connectivity index (χ4v) is 2.73. The Morgan fingerprint density at radius 2 is 2.09 bits per heavy atom. The third kappa shape index (κ3) is 5.35. The predicted molar refractivity (Wildman–Crippen MR) is 92.5 cm³/mol. The number of hydrogen-bond acceptors (Lipinski definition) is 6. The molecule has 130 valence electrons. The summed E-state index contributed by atoms with van der Waals surface area (Å²) in [5.41, 5.74) is 5.50. The number of amides is 1. The SMILES string of the molecule is CC(C)(C)Nc1ncc(C(N)=O)c(N[C@@H]2CCCC[C@H](O)C2)n1.[HH]. The Bertz CT molecular complexity index is 562. The second-order valence-electron chi connectivity index (χ2n) is 7.21. The molecule has 2 rings (SSSR count). The topological polar surface area (TPSA) is 113 Å². The van der Waals surface area contributed by atoms with E-state index in [1.165, 1.54) is 6.20 Å². The number of primary amides is 1. The van der Waals surface area contributed by atoms with Gasteiger partial charge in [0.1, 0.15) is 5.82 Å². The van der Waals surface area contributed by atoms with Gasteiger partial charge in [-0.05, 0) is 40.0 Å². The molecule has 1 aliphatic rings. The zero-order chi connectivity index (χ0) is 17.0. The summed E-state index contributed by atoms with van der Waals surface area (Å²) in [6.45, 7) is 6.02. The number of nitrogens with two attached hydrogens (primary N) is 1. The molecule has 7 nitrogen and oxygen atoms in total. The Labute approximate surface area is 138 Å². The highest BCUT2D eigenvalue weighted by atomic mass is 16.3. The minimum absolute atomic E-state index is 0. The standard InChI is InChI=1S/C16H27N5O2.H2/c1-16(2,3)21-15-18-9-12(13(17)23)14(20-15)19-10-6-4-5-7-11(22)8-10;/h9-11,22H,4-8H2,1-3H3,(H2,17,23)(H2,18,19,20,21);1H/t10-,11+;/m1./s1. The van der Waals surface area contributed by atoms with Crippen molar-refractivity contribution in [2.45, 2.75) is 70.6 Å². The zero-order valence-corrected chi connectivity index (χ0v) is 14.1. The monoisotopic (exact) mass is 323 g/mol. The van der Waals surface area contributed by atoms with Crippen LogP contribution in [0.3, 0.4) is 0 Å². The van der Waals surface area contributed by atoms with Gasteiger partial charge in [0, 0.05) is 19.2 Å². The van der Waals surface area contributed by atoms with Crippen molar-refractivity contribution in [2.75, 3.05) is 10.6 Å². The van der Waals surface area contributed by atoms with Crippen molar-refractivity contribution in [3.8, 4) is 0 Å². The van der Waals surface area contributed by atoms with E-state index in [0.29, 0.717) is 18.2 Å². The molecule has 0 saturated heterocycles. The van der Waals surface area contributed by atoms with Crippen molar-refractivity contribution in [3.63, 3.8) is 0 Å². The van der Waals surface area contributed by atoms with Crippen LogP contribution >= 0.6 is 0 Å². The number of nitrogens with zero attached hydrogens (tertiary/aromatic N) is 2. The Kier molecular flexibility index (Phi) is 5.41. The normalized spacial score (nSPS) is 22.3. The average Bonchev–Trinajstić information content (AvgIpc) is 2.61. The number of carbonyl (C=O) groups is 1. The number of aliphatic hydroxyl groups is 1. The summed E-state index contributed by atoms with van der Waals surface area (Å²) >= 11 is 0. The van der Waals surface area contributed by atoms with Gasteiger partial charge in [0.05, 0.1) is 11.7 Å². The third-order valence-corrected chi connectivity index (χ3v) is 3.78. The maximum Gasteiger partial charge on any atom is 0.254 e. The lowest BCUT2D eigenvalue weighted by molar-refractivity contribution is 0.100. The van der Waals surface area contributed by atoms with Crippen LogP contribution in [0.15, 0.2) is 6.20 Å². The van der Waals surface area contributed by atoms with Crippen molar-refractivity contribution in [1.82, 2.24) is 9.97 Å². The molecule has 2 atom stereocenters. The summed E-state index contributed by atoms with van der Waals surface area (Å²) in [5.74, 6) is 0.307. The van der Waals surface area contributed by atoms with E-state index in [1.807, 2.05) is 20.8 Å². The largest absolute Gasteiger partial charge is 0.393 e. The Balaban J connectivity index is 0.00000288. The zero-order valence-electron chi connectivity index (χ0n) is 14.1. The van der Waals surface area contributed by atoms with E-state index >= 15 is 0 Å². The molecule has 1 saturated carbocycles. The first kappa shape index (κ1) is 17.5. The molecule has 0 bridgehead atoms. The molecule has 1 fully saturated rings. The van der Waals surface area contributed by atoms with E-state index < -0.39 is 5.91 Å². The fourth-order valence-electron chi connectivity index (χ4n) is 2.73. The molecular formula is C16H29N5O2. The molecule has 1 amide bonds. The summed E-state index contributed by atoms with van der Waals surface area (Å²) in [5, 5.41) is 16.4. The molecule has 7 heteroatoms. The molecule has 1 aromatic rings. The molecule has 23 heavy (non-hydrogen) atoms. The van der Waals surface area contributed by atoms with E-state index in [4.69, 9.17) is 5.73 Å². The number of hydrogen-bond donors (Lipinski definition) is 4. The van der Waals surface area contributed by atoms with Gasteiger partial charge in [0.25, 0.3) is 5.91 Å². The highest BCUT2D eigenvalue weighted by molar-refractivity contribution is 5.97. The van der Waals surface area contributed by atoms with Gasteiger partial charge < -0.3 is 21.5 Å². The van der Waals surface area contributed by atoms with Crippen LogP contribution in [0.4, 0.5) is 11.8 Å². The molecule has 1 aliphatic carbocycles. The van der Waals surface area contributed by atoms with Crippen LogP contribution in [0.25, 0.3) is 0 Å². The van der Waals surface area contributed by atoms with Crippen molar-refractivity contribution >= 4 is 17.7 Å². The summed E-state index contributed by atoms with van der Waals surface area (Å²) in [6.07, 6.45) is 5.58. The van der Waals surface area contributed by atoms with Crippen LogP contribution in [0, 0.1) is 0 Å². The molecule has 0 spiro atoms. The lowest BCUT2D eigenvalue weighted by Gasteiger charge is -2.23. The van der Waals surface area contributed by atoms with Gasteiger partial charge in [0.15, 0.2) is 0 Å². The molecule has 0 aliphatic heterocycles. The van der Waals surface area contributed by atoms with Gasteiger partial charge in [-0.25, -0.2) is 4.98 Å². The summed E-state index contributed by atoms with van der Waals surface area (Å²) < 4.78 is 0. The summed E-state index contributed by atoms with van der Waals surface area (Å²) in [6, 6.07) is 0.0722. The molecule has 0 aromatic carbocycles. The van der Waals surface area contributed by atoms with Crippen LogP contribution in [0.2, 0.25) is 0 Å². The van der Waals surface area contributed by atoms with Gasteiger partial charge in [-0.2, -0.15) is 4.98 Å². The number of nitrogens with one attached hydrogen (secondary N) is 2. The highest BCUT2D eigenvalue weighted by Gasteiger charge is 2.22. The van der Waals surface area contributed by atoms with E-state index in [1.54, 1.807) is 0 Å². The van der Waals surface area contributed by atoms with Gasteiger partial charge in [-0.3, -0.25) is 4.79 Å². The van der Waals surface area contributed by atoms with E-state index in [0.717, 1.165) is 25.7 Å². The van der Waals surface area contributed by atoms with E-state index in [2.05, 4.69) is 20.6 Å². The first-order valence-electron chi connectivity index (χ1n) is 8.14. The molecule has 5 N–H and O–H groups in total. The van der Waals surface area contributed by atoms with Crippen LogP contribution in [0.5, 0.6) is 0 Å².